The second-order valence-electron chi connectivity index (χ2n) is 12.4. The van der Waals surface area contributed by atoms with Gasteiger partial charge in [0.15, 0.2) is 11.4 Å². The van der Waals surface area contributed by atoms with E-state index in [1.54, 1.807) is 20.2 Å². The smallest absolute Gasteiger partial charge is 0.411 e. The van der Waals surface area contributed by atoms with E-state index in [-0.39, 0.29) is 41.7 Å². The van der Waals surface area contributed by atoms with Gasteiger partial charge in [-0.05, 0) is 61.9 Å². The lowest BCUT2D eigenvalue weighted by Gasteiger charge is -2.50. The van der Waals surface area contributed by atoms with Crippen LogP contribution in [0, 0.1) is 17.3 Å². The minimum atomic E-state index is -2.72. The number of aliphatic hydroxyl groups excluding tert-OH is 2. The van der Waals surface area contributed by atoms with E-state index >= 15 is 0 Å². The number of anilines is 1. The molecule has 0 radical (unpaired) electrons. The molecule has 1 saturated carbocycles. The molecule has 0 aliphatic heterocycles. The number of aromatic hydroxyl groups is 1. The van der Waals surface area contributed by atoms with Crippen LogP contribution in [0.3, 0.4) is 0 Å². The van der Waals surface area contributed by atoms with E-state index in [0.717, 1.165) is 0 Å². The molecule has 4 atom stereocenters. The number of likely N-dealkylation sites (N-methyl/N-ethyl adjacent to an activating group) is 1. The molecule has 1 fully saturated rings. The van der Waals surface area contributed by atoms with E-state index < -0.39 is 69.9 Å². The third kappa shape index (κ3) is 4.74. The van der Waals surface area contributed by atoms with Gasteiger partial charge < -0.3 is 30.9 Å². The van der Waals surface area contributed by atoms with Gasteiger partial charge in [-0.25, -0.2) is 4.79 Å². The number of hydrogen-bond donors (Lipinski definition) is 6. The molecule has 4 rings (SSSR count). The zero-order valence-corrected chi connectivity index (χ0v) is 24.0. The van der Waals surface area contributed by atoms with Crippen LogP contribution in [0.1, 0.15) is 50.8 Å². The van der Waals surface area contributed by atoms with Crippen LogP contribution >= 0.6 is 0 Å². The van der Waals surface area contributed by atoms with E-state index in [9.17, 15) is 39.6 Å². The summed E-state index contributed by atoms with van der Waals surface area (Å²) in [5, 5.41) is 47.8. The average molecular weight is 572 g/mol. The fraction of sp³-hybridized carbons (Fsp3) is 0.517. The Labute approximate surface area is 237 Å². The Hall–Kier alpha value is -3.90. The number of primary amides is 1. The molecule has 0 saturated heterocycles. The SMILES string of the molecule is CCc1cc(NC(=O)OCC(C)(C)C)c(O)c2c1CC1CC3C(N(C)C)C(=O)C(C(N)=O)=C(O)C3(O)C(=O)C1=C2O. The number of aryl methyl sites for hydroxylation is 1. The maximum Gasteiger partial charge on any atom is 0.411 e. The van der Waals surface area contributed by atoms with Crippen molar-refractivity contribution in [3.63, 3.8) is 0 Å². The van der Waals surface area contributed by atoms with Gasteiger partial charge in [0.25, 0.3) is 5.91 Å². The number of carbonyl (C=O) groups excluding carboxylic acids is 4. The number of hydrogen-bond acceptors (Lipinski definition) is 10. The molecule has 1 aromatic rings. The van der Waals surface area contributed by atoms with Gasteiger partial charge in [0.2, 0.25) is 5.78 Å². The van der Waals surface area contributed by atoms with Crippen LogP contribution in [-0.2, 0) is 32.0 Å². The van der Waals surface area contributed by atoms with Crippen LogP contribution in [0.4, 0.5) is 10.5 Å². The third-order valence-electron chi connectivity index (χ3n) is 8.07. The highest BCUT2D eigenvalue weighted by molar-refractivity contribution is 6.24. The molecule has 2 amide bonds. The molecule has 3 aliphatic carbocycles. The molecule has 0 heterocycles. The first-order chi connectivity index (χ1) is 18.9. The van der Waals surface area contributed by atoms with Crippen molar-refractivity contribution in [2.75, 3.05) is 26.0 Å². The Bertz CT molecular complexity index is 1420. The molecular weight excluding hydrogens is 534 g/mol. The van der Waals surface area contributed by atoms with Crippen molar-refractivity contribution < 1.29 is 44.3 Å². The number of phenolic OH excluding ortho intramolecular Hbond substituents is 1. The highest BCUT2D eigenvalue weighted by Crippen LogP contribution is 2.53. The number of aliphatic hydroxyl groups is 3. The van der Waals surface area contributed by atoms with Crippen LogP contribution in [-0.4, -0.2) is 81.2 Å². The van der Waals surface area contributed by atoms with Crippen LogP contribution in [0.15, 0.2) is 23.0 Å². The molecule has 0 aromatic heterocycles. The topological polar surface area (TPSA) is 200 Å². The lowest BCUT2D eigenvalue weighted by atomic mass is 9.57. The molecule has 222 valence electrons. The van der Waals surface area contributed by atoms with E-state index in [4.69, 9.17) is 10.5 Å². The van der Waals surface area contributed by atoms with Crippen molar-refractivity contribution in [1.82, 2.24) is 4.90 Å². The Morgan fingerprint density at radius 1 is 1.20 bits per heavy atom. The second kappa shape index (κ2) is 10.2. The van der Waals surface area contributed by atoms with Crippen molar-refractivity contribution >= 4 is 35.0 Å². The quantitative estimate of drug-likeness (QED) is 0.225. The van der Waals surface area contributed by atoms with E-state index in [1.807, 2.05) is 27.7 Å². The summed E-state index contributed by atoms with van der Waals surface area (Å²) in [6.45, 7) is 7.61. The number of fused-ring (bicyclic) bond motifs is 3. The minimum Gasteiger partial charge on any atom is -0.508 e. The summed E-state index contributed by atoms with van der Waals surface area (Å²) >= 11 is 0. The first-order valence-electron chi connectivity index (χ1n) is 13.4. The molecule has 12 heteroatoms. The molecule has 4 unspecified atom stereocenters. The molecule has 41 heavy (non-hydrogen) atoms. The number of nitrogens with zero attached hydrogens (tertiary/aromatic N) is 1. The van der Waals surface area contributed by atoms with Crippen molar-refractivity contribution in [2.45, 2.75) is 58.6 Å². The first-order valence-corrected chi connectivity index (χ1v) is 13.4. The van der Waals surface area contributed by atoms with Crippen LogP contribution in [0.2, 0.25) is 0 Å². The molecule has 0 spiro atoms. The highest BCUT2D eigenvalue weighted by atomic mass is 16.5. The molecule has 0 bridgehead atoms. The fourth-order valence-electron chi connectivity index (χ4n) is 6.23. The van der Waals surface area contributed by atoms with Gasteiger partial charge >= 0.3 is 6.09 Å². The van der Waals surface area contributed by atoms with Gasteiger partial charge in [0.1, 0.15) is 22.8 Å². The Balaban J connectivity index is 1.86. The number of rotatable bonds is 5. The lowest BCUT2D eigenvalue weighted by Crippen LogP contribution is -2.65. The summed E-state index contributed by atoms with van der Waals surface area (Å²) in [6.07, 6.45) is -0.205. The van der Waals surface area contributed by atoms with Crippen LogP contribution in [0.25, 0.3) is 5.76 Å². The molecule has 1 aromatic carbocycles. The van der Waals surface area contributed by atoms with Crippen molar-refractivity contribution in [1.29, 1.82) is 0 Å². The van der Waals surface area contributed by atoms with Gasteiger partial charge in [-0.15, -0.1) is 0 Å². The Morgan fingerprint density at radius 2 is 1.83 bits per heavy atom. The van der Waals surface area contributed by atoms with Gasteiger partial charge in [0, 0.05) is 11.5 Å². The highest BCUT2D eigenvalue weighted by Gasteiger charge is 2.64. The number of Topliss-reactive ketones (excluding diaryl/α,β-unsaturated/α-hetero) is 2. The molecular formula is C29H37N3O9. The zero-order valence-electron chi connectivity index (χ0n) is 24.0. The van der Waals surface area contributed by atoms with Crippen LogP contribution < -0.4 is 11.1 Å². The van der Waals surface area contributed by atoms with Gasteiger partial charge in [-0.2, -0.15) is 0 Å². The van der Waals surface area contributed by atoms with Gasteiger partial charge in [-0.1, -0.05) is 27.7 Å². The lowest BCUT2D eigenvalue weighted by molar-refractivity contribution is -0.153. The summed E-state index contributed by atoms with van der Waals surface area (Å²) in [4.78, 5) is 53.2. The zero-order chi connectivity index (χ0) is 30.8. The number of nitrogens with two attached hydrogens (primary N) is 1. The first kappa shape index (κ1) is 30.1. The summed E-state index contributed by atoms with van der Waals surface area (Å²) in [6, 6.07) is 0.420. The second-order valence-corrected chi connectivity index (χ2v) is 12.4. The van der Waals surface area contributed by atoms with Gasteiger partial charge in [-0.3, -0.25) is 24.6 Å². The number of ether oxygens (including phenoxy) is 1. The monoisotopic (exact) mass is 571 g/mol. The maximum absolute atomic E-state index is 14.0. The summed E-state index contributed by atoms with van der Waals surface area (Å²) in [7, 11) is 3.09. The molecule has 12 nitrogen and oxygen atoms in total. The van der Waals surface area contributed by atoms with Gasteiger partial charge in [0.05, 0.1) is 23.9 Å². The number of phenols is 1. The molecule has 7 N–H and O–H groups in total. The number of ketones is 2. The minimum absolute atomic E-state index is 0.00515. The maximum atomic E-state index is 14.0. The normalized spacial score (nSPS) is 26.0. The number of amides is 2. The molecule has 3 aliphatic rings. The van der Waals surface area contributed by atoms with Crippen molar-refractivity contribution in [3.8, 4) is 5.75 Å². The van der Waals surface area contributed by atoms with E-state index in [2.05, 4.69) is 5.32 Å². The predicted molar refractivity (Wildman–Crippen MR) is 148 cm³/mol. The summed E-state index contributed by atoms with van der Waals surface area (Å²) in [5.41, 5.74) is 2.30. The van der Waals surface area contributed by atoms with Crippen molar-refractivity contribution in [3.05, 3.63) is 39.7 Å². The Kier molecular flexibility index (Phi) is 7.47. The van der Waals surface area contributed by atoms with Crippen molar-refractivity contribution in [2.24, 2.45) is 23.0 Å². The predicted octanol–water partition coefficient (Wildman–Crippen LogP) is 2.12. The van der Waals surface area contributed by atoms with E-state index in [0.29, 0.717) is 17.5 Å². The van der Waals surface area contributed by atoms with Crippen LogP contribution in [0.5, 0.6) is 5.75 Å². The number of carbonyl (C=O) groups is 4. The number of nitrogens with one attached hydrogen (secondary N) is 1. The largest absolute Gasteiger partial charge is 0.508 e. The van der Waals surface area contributed by atoms with E-state index in [1.165, 1.54) is 4.90 Å². The third-order valence-corrected chi connectivity index (χ3v) is 8.07. The summed E-state index contributed by atoms with van der Waals surface area (Å²) < 4.78 is 5.24. The number of benzene rings is 1. The fourth-order valence-corrected chi connectivity index (χ4v) is 6.23. The average Bonchev–Trinajstić information content (AvgIpc) is 2.85. The Morgan fingerprint density at radius 3 is 2.37 bits per heavy atom. The summed E-state index contributed by atoms with van der Waals surface area (Å²) in [5.74, 6) is -7.32. The standard InChI is InChI=1S/C29H37N3O9/c1-7-12-10-16(31-27(39)41-11-28(2,3)4)21(33)18-14(12)8-13-9-15-20(32(5)6)23(35)19(26(30)38)25(37)29(15,40)24(36)17(13)22(18)34/h10,13,15,20,33-34,37,40H,7-9,11H2,1-6H3,(H2,30,38)(H,31,39).